The van der Waals surface area contributed by atoms with Crippen LogP contribution in [0.5, 0.6) is 0 Å². The molecule has 0 atom stereocenters. The zero-order chi connectivity index (χ0) is 18.2. The van der Waals surface area contributed by atoms with Gasteiger partial charge in [-0.05, 0) is 59.3 Å². The predicted octanol–water partition coefficient (Wildman–Crippen LogP) is 3.81. The molecule has 25 heavy (non-hydrogen) atoms. The van der Waals surface area contributed by atoms with Crippen molar-refractivity contribution < 1.29 is 21.6 Å². The summed E-state index contributed by atoms with van der Waals surface area (Å²) in [5.74, 6) is -3.16. The van der Waals surface area contributed by atoms with Crippen LogP contribution in [0.1, 0.15) is 6.42 Å². The highest BCUT2D eigenvalue weighted by Crippen LogP contribution is 2.33. The highest BCUT2D eigenvalue weighted by molar-refractivity contribution is 14.1. The van der Waals surface area contributed by atoms with Gasteiger partial charge >= 0.3 is 10.2 Å². The van der Waals surface area contributed by atoms with Crippen LogP contribution >= 0.6 is 22.6 Å². The standard InChI is InChI=1S/C15H13F3IN3O2S/c16-10-3-5-13(21-25(23,24)22-6-1-7-22)15(14(10)18)20-12-4-2-9(19)8-11(12)17/h2-5,8,20-21H,1,6-7H2. The van der Waals surface area contributed by atoms with Gasteiger partial charge in [0.1, 0.15) is 11.5 Å². The Bertz CT molecular complexity index is 920. The summed E-state index contributed by atoms with van der Waals surface area (Å²) >= 11 is 1.91. The molecule has 5 nitrogen and oxygen atoms in total. The average molecular weight is 483 g/mol. The second kappa shape index (κ2) is 7.00. The molecule has 1 fully saturated rings. The van der Waals surface area contributed by atoms with E-state index in [0.29, 0.717) is 16.7 Å². The van der Waals surface area contributed by atoms with Crippen molar-refractivity contribution in [3.05, 3.63) is 51.4 Å². The Morgan fingerprint density at radius 3 is 2.28 bits per heavy atom. The molecule has 0 aromatic heterocycles. The molecule has 3 rings (SSSR count). The summed E-state index contributed by atoms with van der Waals surface area (Å²) in [7, 11) is -3.88. The van der Waals surface area contributed by atoms with Crippen LogP contribution in [0.25, 0.3) is 0 Å². The largest absolute Gasteiger partial charge is 0.349 e. The topological polar surface area (TPSA) is 61.4 Å². The Balaban J connectivity index is 1.98. The van der Waals surface area contributed by atoms with Gasteiger partial charge in [-0.25, -0.2) is 13.2 Å². The molecular formula is C15H13F3IN3O2S. The molecule has 1 saturated heterocycles. The molecule has 2 N–H and O–H groups in total. The van der Waals surface area contributed by atoms with E-state index in [9.17, 15) is 21.6 Å². The lowest BCUT2D eigenvalue weighted by Gasteiger charge is -2.30. The quantitative estimate of drug-likeness (QED) is 0.637. The highest BCUT2D eigenvalue weighted by Gasteiger charge is 2.29. The van der Waals surface area contributed by atoms with Crippen LogP contribution in [0.15, 0.2) is 30.3 Å². The van der Waals surface area contributed by atoms with E-state index in [-0.39, 0.29) is 11.4 Å². The van der Waals surface area contributed by atoms with E-state index >= 15 is 0 Å². The molecule has 10 heteroatoms. The summed E-state index contributed by atoms with van der Waals surface area (Å²) in [6.45, 7) is 0.709. The monoisotopic (exact) mass is 483 g/mol. The third kappa shape index (κ3) is 3.85. The molecule has 2 aromatic carbocycles. The summed E-state index contributed by atoms with van der Waals surface area (Å²) in [5.41, 5.74) is -0.790. The molecule has 0 radical (unpaired) electrons. The van der Waals surface area contributed by atoms with Crippen LogP contribution < -0.4 is 10.0 Å². The summed E-state index contributed by atoms with van der Waals surface area (Å²) in [5, 5.41) is 2.44. The van der Waals surface area contributed by atoms with E-state index in [1.54, 1.807) is 6.07 Å². The Morgan fingerprint density at radius 2 is 1.68 bits per heavy atom. The van der Waals surface area contributed by atoms with Crippen molar-refractivity contribution in [2.75, 3.05) is 23.1 Å². The number of halogens is 4. The number of rotatable bonds is 5. The van der Waals surface area contributed by atoms with Gasteiger partial charge < -0.3 is 5.32 Å². The maximum absolute atomic E-state index is 14.2. The number of nitrogens with one attached hydrogen (secondary N) is 2. The van der Waals surface area contributed by atoms with Gasteiger partial charge in [-0.1, -0.05) is 0 Å². The fourth-order valence-electron chi connectivity index (χ4n) is 2.21. The zero-order valence-electron chi connectivity index (χ0n) is 12.7. The van der Waals surface area contributed by atoms with Crippen molar-refractivity contribution in [1.82, 2.24) is 4.31 Å². The van der Waals surface area contributed by atoms with Crippen molar-refractivity contribution >= 4 is 49.9 Å². The molecule has 0 bridgehead atoms. The molecule has 1 aliphatic heterocycles. The zero-order valence-corrected chi connectivity index (χ0v) is 15.7. The summed E-state index contributed by atoms with van der Waals surface area (Å²) < 4.78 is 70.2. The Kier molecular flexibility index (Phi) is 5.11. The molecule has 2 aromatic rings. The van der Waals surface area contributed by atoms with Gasteiger partial charge in [0.15, 0.2) is 11.6 Å². The lowest BCUT2D eigenvalue weighted by molar-refractivity contribution is 0.311. The van der Waals surface area contributed by atoms with Crippen LogP contribution in [-0.2, 0) is 10.2 Å². The maximum Gasteiger partial charge on any atom is 0.301 e. The SMILES string of the molecule is O=S(=O)(Nc1ccc(F)c(F)c1Nc1ccc(I)cc1F)N1CCC1. The number of benzene rings is 2. The van der Waals surface area contributed by atoms with Crippen LogP contribution in [0.3, 0.4) is 0 Å². The van der Waals surface area contributed by atoms with Crippen LogP contribution in [0, 0.1) is 21.0 Å². The summed E-state index contributed by atoms with van der Waals surface area (Å²) in [4.78, 5) is 0. The minimum absolute atomic E-state index is 0.102. The molecular weight excluding hydrogens is 470 g/mol. The second-order valence-electron chi connectivity index (χ2n) is 5.39. The van der Waals surface area contributed by atoms with Crippen molar-refractivity contribution in [2.45, 2.75) is 6.42 Å². The van der Waals surface area contributed by atoms with Gasteiger partial charge in [-0.3, -0.25) is 4.72 Å². The Morgan fingerprint density at radius 1 is 1.00 bits per heavy atom. The molecule has 0 amide bonds. The number of hydrogen-bond acceptors (Lipinski definition) is 3. The van der Waals surface area contributed by atoms with Gasteiger partial charge in [0.2, 0.25) is 0 Å². The van der Waals surface area contributed by atoms with Crippen LogP contribution in [-0.4, -0.2) is 25.8 Å². The Hall–Kier alpha value is -1.53. The first-order valence-electron chi connectivity index (χ1n) is 7.26. The molecule has 0 saturated carbocycles. The van der Waals surface area contributed by atoms with Crippen molar-refractivity contribution in [2.24, 2.45) is 0 Å². The predicted molar refractivity (Wildman–Crippen MR) is 97.5 cm³/mol. The summed E-state index contributed by atoms with van der Waals surface area (Å²) in [6, 6.07) is 6.04. The molecule has 134 valence electrons. The minimum Gasteiger partial charge on any atom is -0.349 e. The van der Waals surface area contributed by atoms with Gasteiger partial charge in [0, 0.05) is 16.7 Å². The first kappa shape index (κ1) is 18.3. The smallest absolute Gasteiger partial charge is 0.301 e. The highest BCUT2D eigenvalue weighted by atomic mass is 127. The molecule has 0 unspecified atom stereocenters. The number of anilines is 3. The van der Waals surface area contributed by atoms with Gasteiger partial charge in [0.05, 0.1) is 11.4 Å². The molecule has 0 aliphatic carbocycles. The third-order valence-electron chi connectivity index (χ3n) is 3.68. The Labute approximate surface area is 156 Å². The van der Waals surface area contributed by atoms with Crippen molar-refractivity contribution in [3.8, 4) is 0 Å². The lowest BCUT2D eigenvalue weighted by atomic mass is 10.2. The van der Waals surface area contributed by atoms with Crippen molar-refractivity contribution in [1.29, 1.82) is 0 Å². The van der Waals surface area contributed by atoms with Gasteiger partial charge in [-0.15, -0.1) is 0 Å². The number of hydrogen-bond donors (Lipinski definition) is 2. The molecule has 1 aliphatic rings. The van der Waals surface area contributed by atoms with E-state index in [1.165, 1.54) is 16.4 Å². The first-order chi connectivity index (χ1) is 11.8. The number of nitrogens with zero attached hydrogens (tertiary/aromatic N) is 1. The normalized spacial score (nSPS) is 14.9. The molecule has 0 spiro atoms. The summed E-state index contributed by atoms with van der Waals surface area (Å²) in [6.07, 6.45) is 0.734. The van der Waals surface area contributed by atoms with E-state index in [1.807, 2.05) is 22.6 Å². The van der Waals surface area contributed by atoms with Gasteiger partial charge in [0.25, 0.3) is 0 Å². The fraction of sp³-hybridized carbons (Fsp3) is 0.200. The minimum atomic E-state index is -3.88. The van der Waals surface area contributed by atoms with E-state index < -0.39 is 33.3 Å². The second-order valence-corrected chi connectivity index (χ2v) is 8.31. The van der Waals surface area contributed by atoms with E-state index in [4.69, 9.17) is 0 Å². The third-order valence-corrected chi connectivity index (χ3v) is 5.87. The molecule has 1 heterocycles. The van der Waals surface area contributed by atoms with Crippen molar-refractivity contribution in [3.63, 3.8) is 0 Å². The fourth-order valence-corrected chi connectivity index (χ4v) is 3.98. The maximum atomic E-state index is 14.2. The van der Waals surface area contributed by atoms with E-state index in [0.717, 1.165) is 18.6 Å². The average Bonchev–Trinajstić information content (AvgIpc) is 2.46. The first-order valence-corrected chi connectivity index (χ1v) is 9.78. The van der Waals surface area contributed by atoms with Gasteiger partial charge in [-0.2, -0.15) is 12.7 Å². The van der Waals surface area contributed by atoms with E-state index in [2.05, 4.69) is 10.0 Å². The van der Waals surface area contributed by atoms with Crippen LogP contribution in [0.4, 0.5) is 30.2 Å². The lowest BCUT2D eigenvalue weighted by Crippen LogP contribution is -2.45. The van der Waals surface area contributed by atoms with Crippen LogP contribution in [0.2, 0.25) is 0 Å².